The maximum Gasteiger partial charge on any atom is 0.247 e. The molecular formula is C34H39ClN4O5. The van der Waals surface area contributed by atoms with Crippen LogP contribution in [0, 0.1) is 0 Å². The first kappa shape index (κ1) is 31.5. The number of rotatable bonds is 14. The largest absolute Gasteiger partial charge is 0.494 e. The first-order chi connectivity index (χ1) is 21.4. The molecule has 1 heterocycles. The molecule has 0 spiro atoms. The van der Waals surface area contributed by atoms with Crippen LogP contribution in [0.2, 0.25) is 5.02 Å². The number of anilines is 1. The number of hydrogen-bond donors (Lipinski definition) is 2. The van der Waals surface area contributed by atoms with Crippen LogP contribution in [-0.2, 0) is 38.8 Å². The van der Waals surface area contributed by atoms with Gasteiger partial charge in [-0.2, -0.15) is 0 Å². The van der Waals surface area contributed by atoms with Gasteiger partial charge in [0.15, 0.2) is 0 Å². The lowest BCUT2D eigenvalue weighted by atomic mass is 10.1. The van der Waals surface area contributed by atoms with E-state index in [1.165, 1.54) is 6.92 Å². The van der Waals surface area contributed by atoms with E-state index in [0.717, 1.165) is 36.0 Å². The summed E-state index contributed by atoms with van der Waals surface area (Å²) in [6.45, 7) is 4.37. The lowest BCUT2D eigenvalue weighted by Gasteiger charge is -2.38. The fourth-order valence-corrected chi connectivity index (χ4v) is 5.42. The predicted molar refractivity (Wildman–Crippen MR) is 169 cm³/mol. The molecule has 0 bridgehead atoms. The summed E-state index contributed by atoms with van der Waals surface area (Å²) in [7, 11) is 0. The Kier molecular flexibility index (Phi) is 10.9. The van der Waals surface area contributed by atoms with Gasteiger partial charge in [-0.15, -0.1) is 0 Å². The van der Waals surface area contributed by atoms with Gasteiger partial charge in [-0.3, -0.25) is 19.3 Å². The summed E-state index contributed by atoms with van der Waals surface area (Å²) in [5.41, 5.74) is 3.50. The van der Waals surface area contributed by atoms with Gasteiger partial charge in [0.25, 0.3) is 0 Å². The summed E-state index contributed by atoms with van der Waals surface area (Å²) in [5, 5.41) is 6.47. The van der Waals surface area contributed by atoms with E-state index in [2.05, 4.69) is 10.6 Å². The second-order valence-corrected chi connectivity index (χ2v) is 11.6. The number of benzene rings is 3. The smallest absolute Gasteiger partial charge is 0.247 e. The summed E-state index contributed by atoms with van der Waals surface area (Å²) in [6.07, 6.45) is 2.57. The lowest BCUT2D eigenvalue weighted by molar-refractivity contribution is -0.136. The quantitative estimate of drug-likeness (QED) is 0.259. The third kappa shape index (κ3) is 8.59. The van der Waals surface area contributed by atoms with Crippen LogP contribution in [0.15, 0.2) is 72.8 Å². The Morgan fingerprint density at radius 3 is 2.52 bits per heavy atom. The van der Waals surface area contributed by atoms with E-state index in [1.54, 1.807) is 11.0 Å². The number of halogens is 1. The molecule has 1 aliphatic carbocycles. The van der Waals surface area contributed by atoms with E-state index in [4.69, 9.17) is 21.1 Å². The minimum Gasteiger partial charge on any atom is -0.494 e. The van der Waals surface area contributed by atoms with Crippen LogP contribution in [0.5, 0.6) is 5.75 Å². The molecule has 3 aromatic rings. The van der Waals surface area contributed by atoms with E-state index in [9.17, 15) is 14.4 Å². The van der Waals surface area contributed by atoms with Gasteiger partial charge >= 0.3 is 0 Å². The molecule has 1 saturated heterocycles. The zero-order valence-corrected chi connectivity index (χ0v) is 25.7. The average Bonchev–Trinajstić information content (AvgIpc) is 3.87. The molecule has 1 saturated carbocycles. The second kappa shape index (κ2) is 15.2. The van der Waals surface area contributed by atoms with Crippen LogP contribution in [0.25, 0.3) is 0 Å². The number of hydrogen-bond acceptors (Lipinski definition) is 6. The molecule has 44 heavy (non-hydrogen) atoms. The molecule has 3 amide bonds. The van der Waals surface area contributed by atoms with Crippen LogP contribution >= 0.6 is 11.6 Å². The predicted octanol–water partition coefficient (Wildman–Crippen LogP) is 4.46. The Labute approximate surface area is 263 Å². The maximum absolute atomic E-state index is 14.1. The molecule has 1 atom stereocenters. The van der Waals surface area contributed by atoms with Crippen molar-refractivity contribution < 1.29 is 23.9 Å². The highest BCUT2D eigenvalue weighted by atomic mass is 35.5. The molecule has 9 nitrogen and oxygen atoms in total. The van der Waals surface area contributed by atoms with Gasteiger partial charge in [0.05, 0.1) is 26.4 Å². The maximum atomic E-state index is 14.1. The minimum absolute atomic E-state index is 0.101. The number of nitrogens with one attached hydrogen (secondary N) is 2. The fourth-order valence-electron chi connectivity index (χ4n) is 5.24. The second-order valence-electron chi connectivity index (χ2n) is 11.2. The van der Waals surface area contributed by atoms with Gasteiger partial charge in [0.2, 0.25) is 17.7 Å². The van der Waals surface area contributed by atoms with Gasteiger partial charge < -0.3 is 25.0 Å². The molecule has 2 aliphatic rings. The molecule has 0 radical (unpaired) electrons. The number of amides is 3. The average molecular weight is 619 g/mol. The fraction of sp³-hybridized carbons (Fsp3) is 0.382. The third-order valence-electron chi connectivity index (χ3n) is 7.67. The van der Waals surface area contributed by atoms with Crippen LogP contribution in [0.4, 0.5) is 5.69 Å². The van der Waals surface area contributed by atoms with Crippen molar-refractivity contribution in [3.05, 3.63) is 94.5 Å². The molecule has 232 valence electrons. The van der Waals surface area contributed by atoms with Gasteiger partial charge in [0.1, 0.15) is 11.8 Å². The Hall–Kier alpha value is -3.92. The van der Waals surface area contributed by atoms with Gasteiger partial charge in [-0.25, -0.2) is 0 Å². The van der Waals surface area contributed by atoms with Crippen molar-refractivity contribution in [2.24, 2.45) is 0 Å². The highest BCUT2D eigenvalue weighted by Gasteiger charge is 2.41. The molecule has 3 aromatic carbocycles. The highest BCUT2D eigenvalue weighted by molar-refractivity contribution is 6.31. The van der Waals surface area contributed by atoms with Gasteiger partial charge in [0, 0.05) is 49.7 Å². The van der Waals surface area contributed by atoms with E-state index >= 15 is 0 Å². The van der Waals surface area contributed by atoms with E-state index in [-0.39, 0.29) is 30.3 Å². The molecule has 1 aliphatic heterocycles. The normalized spacial score (nSPS) is 16.5. The number of carbonyl (C=O) groups excluding carboxylic acids is 3. The molecule has 0 unspecified atom stereocenters. The van der Waals surface area contributed by atoms with Crippen molar-refractivity contribution in [1.29, 1.82) is 0 Å². The first-order valence-corrected chi connectivity index (χ1v) is 15.5. The summed E-state index contributed by atoms with van der Waals surface area (Å²) in [5.74, 6) is 0.294. The molecule has 2 fully saturated rings. The number of ether oxygens (including phenoxy) is 2. The van der Waals surface area contributed by atoms with Crippen LogP contribution < -0.4 is 20.3 Å². The number of carbonyl (C=O) groups is 3. The van der Waals surface area contributed by atoms with Crippen molar-refractivity contribution in [3.63, 3.8) is 0 Å². The van der Waals surface area contributed by atoms with E-state index in [0.29, 0.717) is 55.9 Å². The monoisotopic (exact) mass is 618 g/mol. The van der Waals surface area contributed by atoms with Crippen molar-refractivity contribution in [1.82, 2.24) is 15.5 Å². The molecule has 0 aromatic heterocycles. The topological polar surface area (TPSA) is 100 Å². The van der Waals surface area contributed by atoms with Crippen LogP contribution in [-0.4, -0.2) is 61.0 Å². The zero-order valence-electron chi connectivity index (χ0n) is 25.0. The molecule has 10 heteroatoms. The summed E-state index contributed by atoms with van der Waals surface area (Å²) < 4.78 is 11.6. The van der Waals surface area contributed by atoms with Crippen molar-refractivity contribution in [2.45, 2.75) is 58.0 Å². The summed E-state index contributed by atoms with van der Waals surface area (Å²) in [6, 6.07) is 22.4. The first-order valence-electron chi connectivity index (χ1n) is 15.1. The highest BCUT2D eigenvalue weighted by Crippen LogP contribution is 2.32. The standard InChI is InChI=1S/C34H39ClN4O5/c1-24(40)37-19-26-8-15-31(35)27(18-26)22-38(28-9-10-28)34(42)32-20-36-21-33(41)39(32)29-11-13-30(14-12-29)44-17-5-16-43-23-25-6-3-2-4-7-25/h2-4,6-8,11-15,18,28,32,36H,5,9-10,16-17,19-23H2,1H3,(H,37,40)/t32-/m1/s1. The summed E-state index contributed by atoms with van der Waals surface area (Å²) >= 11 is 6.55. The van der Waals surface area contributed by atoms with E-state index in [1.807, 2.05) is 71.6 Å². The number of piperazine rings is 1. The number of nitrogens with zero attached hydrogens (tertiary/aromatic N) is 2. The van der Waals surface area contributed by atoms with Crippen LogP contribution in [0.1, 0.15) is 42.9 Å². The van der Waals surface area contributed by atoms with Crippen LogP contribution in [0.3, 0.4) is 0 Å². The molecule has 5 rings (SSSR count). The Bertz CT molecular complexity index is 1430. The Morgan fingerprint density at radius 2 is 1.80 bits per heavy atom. The Balaban J connectivity index is 1.20. The van der Waals surface area contributed by atoms with Gasteiger partial charge in [-0.05, 0) is 59.9 Å². The SMILES string of the molecule is CC(=O)NCc1ccc(Cl)c(CN(C(=O)[C@H]2CNCC(=O)N2c2ccc(OCCCOCc3ccccc3)cc2)C2CC2)c1. The third-order valence-corrected chi connectivity index (χ3v) is 8.04. The van der Waals surface area contributed by atoms with Crippen molar-refractivity contribution >= 4 is 35.0 Å². The molecular weight excluding hydrogens is 580 g/mol. The molecule has 2 N–H and O–H groups in total. The summed E-state index contributed by atoms with van der Waals surface area (Å²) in [4.78, 5) is 42.1. The minimum atomic E-state index is -0.688. The van der Waals surface area contributed by atoms with E-state index < -0.39 is 6.04 Å². The van der Waals surface area contributed by atoms with Gasteiger partial charge in [-0.1, -0.05) is 54.1 Å². The van der Waals surface area contributed by atoms with Crippen molar-refractivity contribution in [3.8, 4) is 5.75 Å². The Morgan fingerprint density at radius 1 is 1.02 bits per heavy atom. The lowest BCUT2D eigenvalue weighted by Crippen LogP contribution is -2.61. The van der Waals surface area contributed by atoms with Crippen molar-refractivity contribution in [2.75, 3.05) is 31.2 Å². The zero-order chi connectivity index (χ0) is 30.9.